The van der Waals surface area contributed by atoms with Crippen LogP contribution in [0.3, 0.4) is 0 Å². The third-order valence-electron chi connectivity index (χ3n) is 4.92. The fraction of sp³-hybridized carbons (Fsp3) is 0.647. The van der Waals surface area contributed by atoms with Crippen LogP contribution in [-0.4, -0.2) is 29.3 Å². The van der Waals surface area contributed by atoms with Gasteiger partial charge < -0.3 is 14.0 Å². The second kappa shape index (κ2) is 5.91. The van der Waals surface area contributed by atoms with E-state index in [0.717, 1.165) is 5.46 Å². The summed E-state index contributed by atoms with van der Waals surface area (Å²) in [5, 5.41) is 0. The number of rotatable bonds is 4. The van der Waals surface area contributed by atoms with Crippen LogP contribution in [0, 0.1) is 5.41 Å². The van der Waals surface area contributed by atoms with Crippen molar-refractivity contribution >= 4 is 18.6 Å². The van der Waals surface area contributed by atoms with Gasteiger partial charge in [0, 0.05) is 17.7 Å². The van der Waals surface area contributed by atoms with Crippen LogP contribution in [0.15, 0.2) is 18.3 Å². The molecule has 0 saturated carbocycles. The van der Waals surface area contributed by atoms with Gasteiger partial charge >= 0.3 is 13.1 Å². The summed E-state index contributed by atoms with van der Waals surface area (Å²) in [6, 6.07) is 3.49. The number of aromatic nitrogens is 1. The Hall–Kier alpha value is -1.40. The maximum atomic E-state index is 12.1. The Labute approximate surface area is 138 Å². The minimum Gasteiger partial charge on any atom is -0.407 e. The molecule has 1 saturated heterocycles. The minimum absolute atomic E-state index is 0.282. The maximum absolute atomic E-state index is 12.1. The van der Waals surface area contributed by atoms with Crippen LogP contribution >= 0.6 is 0 Å². The Kier molecular flexibility index (Phi) is 4.61. The van der Waals surface area contributed by atoms with Gasteiger partial charge in [0.25, 0.3) is 0 Å². The van der Waals surface area contributed by atoms with Gasteiger partial charge in [0.2, 0.25) is 5.88 Å². The molecule has 0 bridgehead atoms. The average Bonchev–Trinajstić information content (AvgIpc) is 2.68. The van der Waals surface area contributed by atoms with Crippen molar-refractivity contribution in [3.05, 3.63) is 18.3 Å². The van der Waals surface area contributed by atoms with Crippen LogP contribution in [0.25, 0.3) is 0 Å². The normalized spacial score (nSPS) is 19.7. The summed E-state index contributed by atoms with van der Waals surface area (Å²) in [7, 11) is -0.468. The number of hydrogen-bond donors (Lipinski definition) is 0. The lowest BCUT2D eigenvalue weighted by Crippen LogP contribution is -2.41. The predicted octanol–water partition coefficient (Wildman–Crippen LogP) is 2.72. The van der Waals surface area contributed by atoms with Crippen molar-refractivity contribution in [2.24, 2.45) is 5.41 Å². The molecule has 6 heteroatoms. The number of hydrogen-bond acceptors (Lipinski definition) is 5. The number of carbonyl (C=O) groups excluding carboxylic acids is 1. The van der Waals surface area contributed by atoms with Crippen molar-refractivity contribution in [1.82, 2.24) is 4.98 Å². The topological polar surface area (TPSA) is 57.7 Å². The van der Waals surface area contributed by atoms with Gasteiger partial charge in [-0.2, -0.15) is 0 Å². The van der Waals surface area contributed by atoms with E-state index in [1.165, 1.54) is 0 Å². The number of pyridine rings is 1. The highest BCUT2D eigenvalue weighted by Crippen LogP contribution is 2.36. The van der Waals surface area contributed by atoms with Gasteiger partial charge in [-0.05, 0) is 48.0 Å². The Morgan fingerprint density at radius 2 is 1.78 bits per heavy atom. The SMILES string of the molecule is CCC(C)(C)C(=O)Oc1ccc(B2OC(C)(C)C(C)(C)O2)cn1. The Morgan fingerprint density at radius 1 is 1.22 bits per heavy atom. The molecular weight excluding hydrogens is 293 g/mol. The first-order chi connectivity index (χ1) is 10.5. The zero-order valence-corrected chi connectivity index (χ0v) is 15.1. The lowest BCUT2D eigenvalue weighted by atomic mass is 9.80. The standard InChI is InChI=1S/C17H26BNO4/c1-8-15(2,3)14(20)21-13-10-9-12(11-19-13)18-22-16(4,5)17(6,7)23-18/h9-11H,8H2,1-7H3. The molecule has 126 valence electrons. The van der Waals surface area contributed by atoms with Crippen LogP contribution in [0.5, 0.6) is 5.88 Å². The van der Waals surface area contributed by atoms with Gasteiger partial charge in [-0.3, -0.25) is 4.79 Å². The quantitative estimate of drug-likeness (QED) is 0.631. The molecule has 2 rings (SSSR count). The van der Waals surface area contributed by atoms with Gasteiger partial charge in [0.15, 0.2) is 0 Å². The summed E-state index contributed by atoms with van der Waals surface area (Å²) in [4.78, 5) is 16.3. The first kappa shape index (κ1) is 18.0. The molecule has 1 fully saturated rings. The van der Waals surface area contributed by atoms with Gasteiger partial charge in [0.05, 0.1) is 16.6 Å². The van der Waals surface area contributed by atoms with Crippen molar-refractivity contribution in [1.29, 1.82) is 0 Å². The van der Waals surface area contributed by atoms with Crippen LogP contribution in [0.2, 0.25) is 0 Å². The first-order valence-corrected chi connectivity index (χ1v) is 8.02. The van der Waals surface area contributed by atoms with Crippen LogP contribution in [0.4, 0.5) is 0 Å². The van der Waals surface area contributed by atoms with Gasteiger partial charge in [-0.25, -0.2) is 4.98 Å². The number of esters is 1. The fourth-order valence-corrected chi connectivity index (χ4v) is 1.95. The highest BCUT2D eigenvalue weighted by Gasteiger charge is 2.51. The third kappa shape index (κ3) is 3.58. The Balaban J connectivity index is 2.08. The molecule has 23 heavy (non-hydrogen) atoms. The van der Waals surface area contributed by atoms with E-state index in [2.05, 4.69) is 4.98 Å². The molecular formula is C17H26BNO4. The van der Waals surface area contributed by atoms with Gasteiger partial charge in [0.1, 0.15) is 0 Å². The lowest BCUT2D eigenvalue weighted by Gasteiger charge is -2.32. The molecule has 1 aliphatic rings. The summed E-state index contributed by atoms with van der Waals surface area (Å²) >= 11 is 0. The molecule has 1 aromatic rings. The van der Waals surface area contributed by atoms with E-state index in [-0.39, 0.29) is 11.8 Å². The lowest BCUT2D eigenvalue weighted by molar-refractivity contribution is -0.144. The van der Waals surface area contributed by atoms with Crippen LogP contribution in [-0.2, 0) is 14.1 Å². The third-order valence-corrected chi connectivity index (χ3v) is 4.92. The number of ether oxygens (including phenoxy) is 1. The van der Waals surface area contributed by atoms with E-state index >= 15 is 0 Å². The molecule has 0 unspecified atom stereocenters. The minimum atomic E-state index is -0.522. The van der Waals surface area contributed by atoms with E-state index in [9.17, 15) is 4.79 Å². The maximum Gasteiger partial charge on any atom is 0.496 e. The smallest absolute Gasteiger partial charge is 0.407 e. The zero-order chi connectivity index (χ0) is 17.5. The fourth-order valence-electron chi connectivity index (χ4n) is 1.95. The van der Waals surface area contributed by atoms with E-state index < -0.39 is 23.7 Å². The zero-order valence-electron chi connectivity index (χ0n) is 15.1. The molecule has 0 atom stereocenters. The monoisotopic (exact) mass is 319 g/mol. The largest absolute Gasteiger partial charge is 0.496 e. The molecule has 0 aliphatic carbocycles. The summed E-state index contributed by atoms with van der Waals surface area (Å²) < 4.78 is 17.3. The molecule has 0 amide bonds. The Morgan fingerprint density at radius 3 is 2.22 bits per heavy atom. The number of carbonyl (C=O) groups is 1. The van der Waals surface area contributed by atoms with Crippen molar-refractivity contribution in [3.63, 3.8) is 0 Å². The highest BCUT2D eigenvalue weighted by atomic mass is 16.7. The Bertz CT molecular complexity index is 565. The predicted molar refractivity (Wildman–Crippen MR) is 89.7 cm³/mol. The van der Waals surface area contributed by atoms with Crippen LogP contribution < -0.4 is 10.2 Å². The van der Waals surface area contributed by atoms with Crippen molar-refractivity contribution in [2.75, 3.05) is 0 Å². The molecule has 1 aromatic heterocycles. The second-order valence-corrected chi connectivity index (χ2v) is 7.64. The van der Waals surface area contributed by atoms with Crippen molar-refractivity contribution < 1.29 is 18.8 Å². The van der Waals surface area contributed by atoms with E-state index in [4.69, 9.17) is 14.0 Å². The first-order valence-electron chi connectivity index (χ1n) is 8.02. The summed E-state index contributed by atoms with van der Waals surface area (Å²) in [5.74, 6) is 0.00711. The van der Waals surface area contributed by atoms with E-state index in [1.807, 2.05) is 54.5 Å². The number of nitrogens with zero attached hydrogens (tertiary/aromatic N) is 1. The van der Waals surface area contributed by atoms with E-state index in [1.54, 1.807) is 12.3 Å². The van der Waals surface area contributed by atoms with Crippen molar-refractivity contribution in [2.45, 2.75) is 66.1 Å². The molecule has 0 radical (unpaired) electrons. The molecule has 2 heterocycles. The average molecular weight is 319 g/mol. The molecule has 0 spiro atoms. The molecule has 0 aromatic carbocycles. The summed E-state index contributed by atoms with van der Waals surface area (Å²) in [5.41, 5.74) is -0.508. The summed E-state index contributed by atoms with van der Waals surface area (Å²) in [6.45, 7) is 13.7. The van der Waals surface area contributed by atoms with E-state index in [0.29, 0.717) is 6.42 Å². The van der Waals surface area contributed by atoms with Crippen LogP contribution in [0.1, 0.15) is 54.9 Å². The molecule has 1 aliphatic heterocycles. The molecule has 5 nitrogen and oxygen atoms in total. The van der Waals surface area contributed by atoms with Gasteiger partial charge in [-0.1, -0.05) is 13.0 Å². The summed E-state index contributed by atoms with van der Waals surface area (Å²) in [6.07, 6.45) is 2.33. The van der Waals surface area contributed by atoms with Crippen molar-refractivity contribution in [3.8, 4) is 5.88 Å². The van der Waals surface area contributed by atoms with Gasteiger partial charge in [-0.15, -0.1) is 0 Å². The molecule has 0 N–H and O–H groups in total. The second-order valence-electron chi connectivity index (χ2n) is 7.64. The highest BCUT2D eigenvalue weighted by molar-refractivity contribution is 6.62.